The van der Waals surface area contributed by atoms with Crippen molar-refractivity contribution >= 4 is 33.6 Å². The summed E-state index contributed by atoms with van der Waals surface area (Å²) in [6.07, 6.45) is 0.809. The molecule has 1 aliphatic heterocycles. The van der Waals surface area contributed by atoms with Crippen molar-refractivity contribution in [3.8, 4) is 0 Å². The third-order valence-corrected chi connectivity index (χ3v) is 5.07. The Bertz CT molecular complexity index is 674. The van der Waals surface area contributed by atoms with Gasteiger partial charge in [0.05, 0.1) is 6.04 Å². The van der Waals surface area contributed by atoms with Crippen molar-refractivity contribution in [3.63, 3.8) is 0 Å². The smallest absolute Gasteiger partial charge is 0.251 e. The molecule has 0 saturated heterocycles. The molecule has 2 aromatic rings. The van der Waals surface area contributed by atoms with Crippen LogP contribution in [0.3, 0.4) is 0 Å². The fourth-order valence-electron chi connectivity index (χ4n) is 2.36. The minimum atomic E-state index is -0.265. The van der Waals surface area contributed by atoms with Gasteiger partial charge in [-0.25, -0.2) is 4.39 Å². The monoisotopic (exact) mass is 365 g/mol. The normalized spacial score (nSPS) is 17.1. The van der Waals surface area contributed by atoms with Gasteiger partial charge < -0.3 is 5.32 Å². The van der Waals surface area contributed by atoms with Crippen LogP contribution in [0.4, 0.5) is 4.39 Å². The molecule has 1 amide bonds. The average Bonchev–Trinajstić information content (AvgIpc) is 2.48. The van der Waals surface area contributed by atoms with Gasteiger partial charge in [0, 0.05) is 20.7 Å². The third kappa shape index (κ3) is 3.30. The first kappa shape index (κ1) is 14.6. The molecule has 0 saturated carbocycles. The van der Waals surface area contributed by atoms with Crippen molar-refractivity contribution in [2.75, 3.05) is 5.75 Å². The van der Waals surface area contributed by atoms with E-state index in [0.29, 0.717) is 5.56 Å². The summed E-state index contributed by atoms with van der Waals surface area (Å²) in [5.74, 6) is 0.526. The maximum atomic E-state index is 13.4. The number of halogens is 2. The van der Waals surface area contributed by atoms with Gasteiger partial charge in [0.15, 0.2) is 0 Å². The molecule has 1 heterocycles. The Labute approximate surface area is 135 Å². The second-order valence-corrected chi connectivity index (χ2v) is 6.90. The van der Waals surface area contributed by atoms with Gasteiger partial charge in [-0.15, -0.1) is 11.8 Å². The number of nitrogens with one attached hydrogen (secondary N) is 1. The van der Waals surface area contributed by atoms with Gasteiger partial charge in [0.1, 0.15) is 5.82 Å². The van der Waals surface area contributed by atoms with E-state index in [1.54, 1.807) is 30.0 Å². The molecule has 2 nitrogen and oxygen atoms in total. The summed E-state index contributed by atoms with van der Waals surface area (Å²) in [6.45, 7) is 0. The Morgan fingerprint density at radius 1 is 1.24 bits per heavy atom. The second-order valence-electron chi connectivity index (χ2n) is 4.85. The Hall–Kier alpha value is -1.33. The number of thioether (sulfide) groups is 1. The van der Waals surface area contributed by atoms with Crippen LogP contribution in [0.1, 0.15) is 28.4 Å². The molecular formula is C16H13BrFNOS. The summed E-state index contributed by atoms with van der Waals surface area (Å²) in [7, 11) is 0. The molecular weight excluding hydrogens is 353 g/mol. The first-order valence-electron chi connectivity index (χ1n) is 6.62. The van der Waals surface area contributed by atoms with E-state index in [1.807, 2.05) is 12.1 Å². The molecule has 0 spiro atoms. The third-order valence-electron chi connectivity index (χ3n) is 3.42. The fourth-order valence-corrected chi connectivity index (χ4v) is 3.73. The first-order valence-corrected chi connectivity index (χ1v) is 8.40. The maximum Gasteiger partial charge on any atom is 0.251 e. The van der Waals surface area contributed by atoms with Crippen molar-refractivity contribution in [1.82, 2.24) is 5.32 Å². The minimum absolute atomic E-state index is 0.130. The first-order chi connectivity index (χ1) is 10.1. The van der Waals surface area contributed by atoms with Crippen LogP contribution in [-0.4, -0.2) is 11.7 Å². The lowest BCUT2D eigenvalue weighted by atomic mass is 10.0. The summed E-state index contributed by atoms with van der Waals surface area (Å²) < 4.78 is 14.4. The van der Waals surface area contributed by atoms with Crippen molar-refractivity contribution in [2.24, 2.45) is 0 Å². The Morgan fingerprint density at radius 3 is 2.76 bits per heavy atom. The number of hydrogen-bond donors (Lipinski definition) is 1. The summed E-state index contributed by atoms with van der Waals surface area (Å²) in [5, 5.41) is 3.00. The van der Waals surface area contributed by atoms with Crippen LogP contribution in [0.15, 0.2) is 51.8 Å². The van der Waals surface area contributed by atoms with E-state index >= 15 is 0 Å². The number of fused-ring (bicyclic) bond motifs is 1. The van der Waals surface area contributed by atoms with Crippen molar-refractivity contribution in [1.29, 1.82) is 0 Å². The largest absolute Gasteiger partial charge is 0.345 e. The number of hydrogen-bond acceptors (Lipinski definition) is 2. The van der Waals surface area contributed by atoms with Gasteiger partial charge in [-0.1, -0.05) is 15.9 Å². The van der Waals surface area contributed by atoms with Gasteiger partial charge in [-0.3, -0.25) is 4.79 Å². The summed E-state index contributed by atoms with van der Waals surface area (Å²) in [4.78, 5) is 13.3. The highest BCUT2D eigenvalue weighted by Crippen LogP contribution is 2.36. The van der Waals surface area contributed by atoms with Crippen LogP contribution in [0.5, 0.6) is 0 Å². The van der Waals surface area contributed by atoms with E-state index in [2.05, 4.69) is 21.2 Å². The quantitative estimate of drug-likeness (QED) is 0.845. The highest BCUT2D eigenvalue weighted by atomic mass is 79.9. The minimum Gasteiger partial charge on any atom is -0.345 e. The Kier molecular flexibility index (Phi) is 4.31. The molecule has 0 radical (unpaired) electrons. The molecule has 108 valence electrons. The zero-order valence-corrected chi connectivity index (χ0v) is 13.5. The van der Waals surface area contributed by atoms with Crippen LogP contribution < -0.4 is 5.32 Å². The van der Waals surface area contributed by atoms with Crippen LogP contribution in [0.2, 0.25) is 0 Å². The van der Waals surface area contributed by atoms with E-state index < -0.39 is 0 Å². The lowest BCUT2D eigenvalue weighted by molar-refractivity contribution is 0.0935. The van der Waals surface area contributed by atoms with Crippen molar-refractivity contribution in [3.05, 3.63) is 63.9 Å². The molecule has 21 heavy (non-hydrogen) atoms. The standard InChI is InChI=1S/C16H13BrFNOS/c17-11-3-1-10(2-4-11)16(20)19-14-7-8-21-15-6-5-12(18)9-13(14)15/h1-6,9,14H,7-8H2,(H,19,20). The van der Waals surface area contributed by atoms with Crippen LogP contribution >= 0.6 is 27.7 Å². The van der Waals surface area contributed by atoms with E-state index in [1.165, 1.54) is 12.1 Å². The van der Waals surface area contributed by atoms with E-state index in [9.17, 15) is 9.18 Å². The van der Waals surface area contributed by atoms with Gasteiger partial charge >= 0.3 is 0 Å². The number of amides is 1. The molecule has 0 aromatic heterocycles. The lowest BCUT2D eigenvalue weighted by Gasteiger charge is -2.26. The van der Waals surface area contributed by atoms with Gasteiger partial charge in [-0.2, -0.15) is 0 Å². The molecule has 1 N–H and O–H groups in total. The van der Waals surface area contributed by atoms with Crippen LogP contribution in [0.25, 0.3) is 0 Å². The molecule has 0 aliphatic carbocycles. The molecule has 3 rings (SSSR count). The van der Waals surface area contributed by atoms with E-state index in [0.717, 1.165) is 27.1 Å². The summed E-state index contributed by atoms with van der Waals surface area (Å²) in [6, 6.07) is 11.8. The molecule has 0 bridgehead atoms. The number of carbonyl (C=O) groups is 1. The molecule has 5 heteroatoms. The van der Waals surface area contributed by atoms with Crippen LogP contribution in [-0.2, 0) is 0 Å². The number of rotatable bonds is 2. The maximum absolute atomic E-state index is 13.4. The molecule has 0 fully saturated rings. The van der Waals surface area contributed by atoms with Gasteiger partial charge in [-0.05, 0) is 54.4 Å². The highest BCUT2D eigenvalue weighted by Gasteiger charge is 2.23. The Morgan fingerprint density at radius 2 is 2.00 bits per heavy atom. The summed E-state index contributed by atoms with van der Waals surface area (Å²) in [5.41, 5.74) is 1.48. The summed E-state index contributed by atoms with van der Waals surface area (Å²) >= 11 is 5.05. The zero-order chi connectivity index (χ0) is 14.8. The average molecular weight is 366 g/mol. The number of benzene rings is 2. The lowest BCUT2D eigenvalue weighted by Crippen LogP contribution is -2.30. The molecule has 2 aromatic carbocycles. The SMILES string of the molecule is O=C(NC1CCSc2ccc(F)cc21)c1ccc(Br)cc1. The van der Waals surface area contributed by atoms with Crippen LogP contribution in [0, 0.1) is 5.82 Å². The predicted octanol–water partition coefficient (Wildman–Crippen LogP) is 4.56. The van der Waals surface area contributed by atoms with Gasteiger partial charge in [0.25, 0.3) is 5.91 Å². The fraction of sp³-hybridized carbons (Fsp3) is 0.188. The number of carbonyl (C=O) groups excluding carboxylic acids is 1. The molecule has 1 unspecified atom stereocenters. The molecule has 1 atom stereocenters. The van der Waals surface area contributed by atoms with Gasteiger partial charge in [0.2, 0.25) is 0 Å². The van der Waals surface area contributed by atoms with Crippen molar-refractivity contribution in [2.45, 2.75) is 17.4 Å². The van der Waals surface area contributed by atoms with Crippen molar-refractivity contribution < 1.29 is 9.18 Å². The Balaban J connectivity index is 1.81. The van der Waals surface area contributed by atoms with E-state index in [-0.39, 0.29) is 17.8 Å². The topological polar surface area (TPSA) is 29.1 Å². The highest BCUT2D eigenvalue weighted by molar-refractivity contribution is 9.10. The zero-order valence-electron chi connectivity index (χ0n) is 11.1. The van der Waals surface area contributed by atoms with E-state index in [4.69, 9.17) is 0 Å². The molecule has 1 aliphatic rings. The second kappa shape index (κ2) is 6.20. The predicted molar refractivity (Wildman–Crippen MR) is 86.1 cm³/mol.